The maximum absolute atomic E-state index is 12.5. The number of carbonyl (C=O) groups is 1. The van der Waals surface area contributed by atoms with Crippen molar-refractivity contribution < 1.29 is 4.79 Å². The highest BCUT2D eigenvalue weighted by Crippen LogP contribution is 2.23. The Labute approximate surface area is 140 Å². The molecule has 0 aliphatic carbocycles. The van der Waals surface area contributed by atoms with Gasteiger partial charge in [0.2, 0.25) is 5.91 Å². The Kier molecular flexibility index (Phi) is 6.81. The highest BCUT2D eigenvalue weighted by Gasteiger charge is 2.24. The largest absolute Gasteiger partial charge is 0.334 e. The maximum Gasteiger partial charge on any atom is 0.246 e. The van der Waals surface area contributed by atoms with Gasteiger partial charge in [0, 0.05) is 26.2 Å². The Morgan fingerprint density at radius 3 is 2.43 bits per heavy atom. The number of benzene rings is 1. The van der Waals surface area contributed by atoms with Crippen molar-refractivity contribution in [2.75, 3.05) is 47.3 Å². The lowest BCUT2D eigenvalue weighted by Gasteiger charge is -2.31. The Hall–Kier alpha value is -1.65. The first kappa shape index (κ1) is 17.7. The Balaban J connectivity index is 2.08. The van der Waals surface area contributed by atoms with Gasteiger partial charge < -0.3 is 14.7 Å². The molecule has 0 bridgehead atoms. The van der Waals surface area contributed by atoms with Crippen LogP contribution >= 0.6 is 0 Å². The fourth-order valence-corrected chi connectivity index (χ4v) is 2.97. The summed E-state index contributed by atoms with van der Waals surface area (Å²) in [6.07, 6.45) is 6.15. The second kappa shape index (κ2) is 8.85. The van der Waals surface area contributed by atoms with Crippen molar-refractivity contribution in [1.82, 2.24) is 14.7 Å². The van der Waals surface area contributed by atoms with Gasteiger partial charge in [-0.2, -0.15) is 0 Å². The second-order valence-corrected chi connectivity index (χ2v) is 6.55. The van der Waals surface area contributed by atoms with E-state index in [0.717, 1.165) is 26.2 Å². The van der Waals surface area contributed by atoms with E-state index < -0.39 is 0 Å². The predicted molar refractivity (Wildman–Crippen MR) is 95.3 cm³/mol. The molecule has 1 atom stereocenters. The quantitative estimate of drug-likeness (QED) is 0.723. The van der Waals surface area contributed by atoms with E-state index in [1.807, 2.05) is 55.2 Å². The van der Waals surface area contributed by atoms with E-state index in [9.17, 15) is 4.79 Å². The van der Waals surface area contributed by atoms with E-state index >= 15 is 0 Å². The van der Waals surface area contributed by atoms with Crippen LogP contribution in [0.3, 0.4) is 0 Å². The zero-order chi connectivity index (χ0) is 16.7. The van der Waals surface area contributed by atoms with E-state index in [0.29, 0.717) is 0 Å². The molecule has 1 saturated heterocycles. The SMILES string of the molecule is CN(C)C/C=C/C(=O)N(C)[C@H](CN1CCCC1)c1ccccc1. The van der Waals surface area contributed by atoms with E-state index in [4.69, 9.17) is 0 Å². The first-order chi connectivity index (χ1) is 11.1. The van der Waals surface area contributed by atoms with Gasteiger partial charge in [-0.3, -0.25) is 4.79 Å². The monoisotopic (exact) mass is 315 g/mol. The van der Waals surface area contributed by atoms with Gasteiger partial charge in [-0.25, -0.2) is 0 Å². The topological polar surface area (TPSA) is 26.8 Å². The highest BCUT2D eigenvalue weighted by atomic mass is 16.2. The molecule has 1 aromatic carbocycles. The van der Waals surface area contributed by atoms with Crippen LogP contribution in [0.5, 0.6) is 0 Å². The van der Waals surface area contributed by atoms with Gasteiger partial charge in [0.1, 0.15) is 0 Å². The molecule has 0 N–H and O–H groups in total. The Morgan fingerprint density at radius 2 is 1.83 bits per heavy atom. The third kappa shape index (κ3) is 5.48. The molecular weight excluding hydrogens is 286 g/mol. The molecule has 126 valence electrons. The van der Waals surface area contributed by atoms with Gasteiger partial charge in [-0.1, -0.05) is 36.4 Å². The van der Waals surface area contributed by atoms with Crippen molar-refractivity contribution in [1.29, 1.82) is 0 Å². The van der Waals surface area contributed by atoms with Crippen LogP contribution in [-0.4, -0.2) is 67.9 Å². The van der Waals surface area contributed by atoms with Gasteiger partial charge >= 0.3 is 0 Å². The van der Waals surface area contributed by atoms with Gasteiger partial charge in [0.15, 0.2) is 0 Å². The third-order valence-corrected chi connectivity index (χ3v) is 4.36. The van der Waals surface area contributed by atoms with Crippen LogP contribution in [0.25, 0.3) is 0 Å². The van der Waals surface area contributed by atoms with Crippen LogP contribution in [0.1, 0.15) is 24.4 Å². The molecule has 1 amide bonds. The fraction of sp³-hybridized carbons (Fsp3) is 0.526. The number of likely N-dealkylation sites (tertiary alicyclic amines) is 1. The molecule has 4 heteroatoms. The first-order valence-corrected chi connectivity index (χ1v) is 8.43. The summed E-state index contributed by atoms with van der Waals surface area (Å²) in [5, 5.41) is 0. The van der Waals surface area contributed by atoms with Gasteiger partial charge in [0.05, 0.1) is 6.04 Å². The number of nitrogens with zero attached hydrogens (tertiary/aromatic N) is 3. The Bertz CT molecular complexity index is 507. The van der Waals surface area contributed by atoms with Gasteiger partial charge in [0.25, 0.3) is 0 Å². The minimum Gasteiger partial charge on any atom is -0.334 e. The van der Waals surface area contributed by atoms with Crippen molar-refractivity contribution in [2.24, 2.45) is 0 Å². The first-order valence-electron chi connectivity index (χ1n) is 8.43. The van der Waals surface area contributed by atoms with Crippen LogP contribution in [-0.2, 0) is 4.79 Å². The van der Waals surface area contributed by atoms with Crippen molar-refractivity contribution in [2.45, 2.75) is 18.9 Å². The lowest BCUT2D eigenvalue weighted by atomic mass is 10.0. The highest BCUT2D eigenvalue weighted by molar-refractivity contribution is 5.87. The molecule has 23 heavy (non-hydrogen) atoms. The van der Waals surface area contributed by atoms with E-state index in [1.54, 1.807) is 6.08 Å². The number of carbonyl (C=O) groups excluding carboxylic acids is 1. The van der Waals surface area contributed by atoms with Crippen molar-refractivity contribution in [3.63, 3.8) is 0 Å². The standard InChI is InChI=1S/C19H29N3O/c1-20(2)13-9-12-19(23)21(3)18(16-22-14-7-8-15-22)17-10-5-4-6-11-17/h4-6,9-12,18H,7-8,13-16H2,1-3H3/b12-9+/t18-/m1/s1. The summed E-state index contributed by atoms with van der Waals surface area (Å²) in [6, 6.07) is 10.5. The summed E-state index contributed by atoms with van der Waals surface area (Å²) < 4.78 is 0. The summed E-state index contributed by atoms with van der Waals surface area (Å²) in [6.45, 7) is 3.97. The lowest BCUT2D eigenvalue weighted by Crippen LogP contribution is -2.37. The molecule has 1 aromatic rings. The van der Waals surface area contributed by atoms with E-state index in [-0.39, 0.29) is 11.9 Å². The summed E-state index contributed by atoms with van der Waals surface area (Å²) in [5.41, 5.74) is 1.20. The normalized spacial score (nSPS) is 17.0. The summed E-state index contributed by atoms with van der Waals surface area (Å²) in [5.74, 6) is 0.0694. The average molecular weight is 315 g/mol. The number of likely N-dealkylation sites (N-methyl/N-ethyl adjacent to an activating group) is 2. The van der Waals surface area contributed by atoms with Crippen LogP contribution in [0.2, 0.25) is 0 Å². The summed E-state index contributed by atoms with van der Waals surface area (Å²) >= 11 is 0. The zero-order valence-electron chi connectivity index (χ0n) is 14.6. The van der Waals surface area contributed by atoms with Crippen LogP contribution in [0.4, 0.5) is 0 Å². The van der Waals surface area contributed by atoms with E-state index in [1.165, 1.54) is 18.4 Å². The molecule has 0 unspecified atom stereocenters. The fourth-order valence-electron chi connectivity index (χ4n) is 2.97. The molecule has 0 aromatic heterocycles. The number of amides is 1. The number of rotatable bonds is 7. The molecule has 0 spiro atoms. The second-order valence-electron chi connectivity index (χ2n) is 6.55. The van der Waals surface area contributed by atoms with Crippen molar-refractivity contribution >= 4 is 5.91 Å². The van der Waals surface area contributed by atoms with Crippen molar-refractivity contribution in [3.8, 4) is 0 Å². The molecule has 1 aliphatic rings. The smallest absolute Gasteiger partial charge is 0.246 e. The summed E-state index contributed by atoms with van der Waals surface area (Å²) in [7, 11) is 5.91. The number of hydrogen-bond donors (Lipinski definition) is 0. The molecule has 2 rings (SSSR count). The molecule has 0 saturated carbocycles. The van der Waals surface area contributed by atoms with Crippen molar-refractivity contribution in [3.05, 3.63) is 48.0 Å². The molecule has 0 radical (unpaired) electrons. The molecular formula is C19H29N3O. The minimum atomic E-state index is 0.0694. The predicted octanol–water partition coefficient (Wildman–Crippen LogP) is 2.40. The Morgan fingerprint density at radius 1 is 1.17 bits per heavy atom. The molecule has 1 aliphatic heterocycles. The van der Waals surface area contributed by atoms with Gasteiger partial charge in [-0.05, 0) is 45.6 Å². The zero-order valence-corrected chi connectivity index (χ0v) is 14.6. The average Bonchev–Trinajstić information content (AvgIpc) is 3.05. The van der Waals surface area contributed by atoms with Crippen LogP contribution in [0.15, 0.2) is 42.5 Å². The van der Waals surface area contributed by atoms with E-state index in [2.05, 4.69) is 17.0 Å². The maximum atomic E-state index is 12.5. The minimum absolute atomic E-state index is 0.0694. The van der Waals surface area contributed by atoms with Crippen LogP contribution < -0.4 is 0 Å². The van der Waals surface area contributed by atoms with Crippen LogP contribution in [0, 0.1) is 0 Å². The molecule has 4 nitrogen and oxygen atoms in total. The number of hydrogen-bond acceptors (Lipinski definition) is 3. The third-order valence-electron chi connectivity index (χ3n) is 4.36. The molecule has 1 fully saturated rings. The van der Waals surface area contributed by atoms with Gasteiger partial charge in [-0.15, -0.1) is 0 Å². The summed E-state index contributed by atoms with van der Waals surface area (Å²) in [4.78, 5) is 18.9. The lowest BCUT2D eigenvalue weighted by molar-refractivity contribution is -0.127. The molecule has 1 heterocycles.